The van der Waals surface area contributed by atoms with Crippen molar-refractivity contribution in [3.8, 4) is 23.0 Å². The lowest BCUT2D eigenvalue weighted by molar-refractivity contribution is -0.274. The van der Waals surface area contributed by atoms with Crippen LogP contribution in [-0.2, 0) is 0 Å². The minimum absolute atomic E-state index is 0.277. The van der Waals surface area contributed by atoms with Crippen LogP contribution in [0.1, 0.15) is 0 Å². The average molecular weight is 360 g/mol. The molecule has 0 aliphatic carbocycles. The predicted octanol–water partition coefficient (Wildman–Crippen LogP) is 4.76. The lowest BCUT2D eigenvalue weighted by Crippen LogP contribution is -2.16. The summed E-state index contributed by atoms with van der Waals surface area (Å²) in [6.07, 6.45) is -4.71. The van der Waals surface area contributed by atoms with E-state index in [2.05, 4.69) is 4.74 Å². The molecule has 0 aliphatic heterocycles. The molecule has 0 spiro atoms. The fourth-order valence-electron chi connectivity index (χ4n) is 1.90. The van der Waals surface area contributed by atoms with E-state index in [4.69, 9.17) is 14.2 Å². The maximum absolute atomic E-state index is 12.2. The topological polar surface area (TPSA) is 36.9 Å². The summed E-state index contributed by atoms with van der Waals surface area (Å²) < 4.78 is 56.3. The smallest absolute Gasteiger partial charge is 0.496 e. The van der Waals surface area contributed by atoms with Gasteiger partial charge in [-0.25, -0.2) is 0 Å². The van der Waals surface area contributed by atoms with Gasteiger partial charge in [0.15, 0.2) is 0 Å². The largest absolute Gasteiger partial charge is 0.573 e. The number of hydrogen-bond donors (Lipinski definition) is 0. The Kier molecular flexibility index (Phi) is 5.71. The summed E-state index contributed by atoms with van der Waals surface area (Å²) in [7, 11) is 4.55. The number of ether oxygens (including phenoxy) is 4. The quantitative estimate of drug-likeness (QED) is 0.742. The summed E-state index contributed by atoms with van der Waals surface area (Å²) in [6, 6.07) is 8.94. The number of alkyl halides is 3. The highest BCUT2D eigenvalue weighted by Gasteiger charge is 2.31. The van der Waals surface area contributed by atoms with Gasteiger partial charge in [-0.1, -0.05) is 11.8 Å². The maximum atomic E-state index is 12.2. The van der Waals surface area contributed by atoms with Gasteiger partial charge in [-0.2, -0.15) is 0 Å². The molecule has 130 valence electrons. The molecule has 2 aromatic carbocycles. The van der Waals surface area contributed by atoms with Crippen LogP contribution in [0.15, 0.2) is 46.2 Å². The molecule has 0 unspecified atom stereocenters. The van der Waals surface area contributed by atoms with E-state index in [9.17, 15) is 13.2 Å². The van der Waals surface area contributed by atoms with Crippen molar-refractivity contribution >= 4 is 11.8 Å². The zero-order chi connectivity index (χ0) is 17.7. The number of rotatable bonds is 6. The molecule has 2 aromatic rings. The first kappa shape index (κ1) is 18.1. The van der Waals surface area contributed by atoms with Gasteiger partial charge in [-0.3, -0.25) is 0 Å². The molecule has 0 saturated heterocycles. The molecule has 24 heavy (non-hydrogen) atoms. The first-order chi connectivity index (χ1) is 11.4. The van der Waals surface area contributed by atoms with Crippen molar-refractivity contribution in [3.63, 3.8) is 0 Å². The number of benzene rings is 2. The molecule has 4 nitrogen and oxygen atoms in total. The molecule has 0 atom stereocenters. The molecule has 0 heterocycles. The van der Waals surface area contributed by atoms with Crippen molar-refractivity contribution in [1.82, 2.24) is 0 Å². The van der Waals surface area contributed by atoms with Gasteiger partial charge in [-0.05, 0) is 24.3 Å². The third-order valence-electron chi connectivity index (χ3n) is 2.95. The zero-order valence-corrected chi connectivity index (χ0v) is 14.0. The number of halogens is 3. The summed E-state index contributed by atoms with van der Waals surface area (Å²) in [5.41, 5.74) is 0. The Morgan fingerprint density at radius 2 is 1.33 bits per heavy atom. The van der Waals surface area contributed by atoms with Gasteiger partial charge < -0.3 is 18.9 Å². The van der Waals surface area contributed by atoms with Crippen molar-refractivity contribution in [2.75, 3.05) is 21.3 Å². The van der Waals surface area contributed by atoms with E-state index in [1.54, 1.807) is 12.1 Å². The summed E-state index contributed by atoms with van der Waals surface area (Å²) in [5.74, 6) is 1.36. The lowest BCUT2D eigenvalue weighted by atomic mass is 10.3. The highest BCUT2D eigenvalue weighted by atomic mass is 32.2. The van der Waals surface area contributed by atoms with Crippen LogP contribution in [0.2, 0.25) is 0 Å². The van der Waals surface area contributed by atoms with Crippen molar-refractivity contribution in [1.29, 1.82) is 0 Å². The second-order valence-corrected chi connectivity index (χ2v) is 5.57. The van der Waals surface area contributed by atoms with Gasteiger partial charge in [0.25, 0.3) is 0 Å². The van der Waals surface area contributed by atoms with Gasteiger partial charge in [0.2, 0.25) is 0 Å². The highest BCUT2D eigenvalue weighted by molar-refractivity contribution is 7.99. The minimum atomic E-state index is -4.71. The molecule has 0 aliphatic rings. The Morgan fingerprint density at radius 3 is 1.75 bits per heavy atom. The van der Waals surface area contributed by atoms with E-state index < -0.39 is 6.36 Å². The van der Waals surface area contributed by atoms with Crippen LogP contribution in [0.5, 0.6) is 23.0 Å². The maximum Gasteiger partial charge on any atom is 0.573 e. The van der Waals surface area contributed by atoms with E-state index in [1.165, 1.54) is 57.4 Å². The zero-order valence-electron chi connectivity index (χ0n) is 13.1. The second kappa shape index (κ2) is 7.57. The molecular weight excluding hydrogens is 345 g/mol. The summed E-state index contributed by atoms with van der Waals surface area (Å²) in [4.78, 5) is 1.39. The van der Waals surface area contributed by atoms with E-state index in [0.29, 0.717) is 27.0 Å². The second-order valence-electron chi connectivity index (χ2n) is 4.48. The third-order valence-corrected chi connectivity index (χ3v) is 4.06. The first-order valence-corrected chi connectivity index (χ1v) is 7.51. The Hall–Kier alpha value is -2.22. The Bertz CT molecular complexity index is 662. The van der Waals surface area contributed by atoms with Crippen molar-refractivity contribution in [2.24, 2.45) is 0 Å². The van der Waals surface area contributed by atoms with E-state index in [0.717, 1.165) is 0 Å². The molecule has 0 aromatic heterocycles. The molecule has 2 rings (SSSR count). The minimum Gasteiger partial charge on any atom is -0.496 e. The fourth-order valence-corrected chi connectivity index (χ4v) is 2.90. The lowest BCUT2D eigenvalue weighted by Gasteiger charge is -2.15. The van der Waals surface area contributed by atoms with E-state index >= 15 is 0 Å². The molecule has 0 bridgehead atoms. The van der Waals surface area contributed by atoms with Gasteiger partial charge in [0.05, 0.1) is 26.2 Å². The SMILES string of the molecule is COc1cc(OC)c(Sc2ccc(OC(F)(F)F)cc2)c(OC)c1. The average Bonchev–Trinajstić information content (AvgIpc) is 2.55. The summed E-state index contributed by atoms with van der Waals surface area (Å²) in [5, 5.41) is 0. The molecule has 0 radical (unpaired) electrons. The van der Waals surface area contributed by atoms with Crippen molar-refractivity contribution in [3.05, 3.63) is 36.4 Å². The predicted molar refractivity (Wildman–Crippen MR) is 83.3 cm³/mol. The standard InChI is InChI=1S/C16H15F3O4S/c1-20-11-8-13(21-2)15(14(9-11)22-3)24-12-6-4-10(5-7-12)23-16(17,18)19/h4-9H,1-3H3. The van der Waals surface area contributed by atoms with Gasteiger partial charge in [0, 0.05) is 17.0 Å². The normalized spacial score (nSPS) is 11.1. The number of methoxy groups -OCH3 is 3. The monoisotopic (exact) mass is 360 g/mol. The molecule has 8 heteroatoms. The fraction of sp³-hybridized carbons (Fsp3) is 0.250. The number of hydrogen-bond acceptors (Lipinski definition) is 5. The third kappa shape index (κ3) is 4.64. The van der Waals surface area contributed by atoms with Gasteiger partial charge in [0.1, 0.15) is 23.0 Å². The van der Waals surface area contributed by atoms with E-state index in [1.807, 2.05) is 0 Å². The highest BCUT2D eigenvalue weighted by Crippen LogP contribution is 2.44. The first-order valence-electron chi connectivity index (χ1n) is 6.70. The van der Waals surface area contributed by atoms with Crippen LogP contribution >= 0.6 is 11.8 Å². The molecule has 0 saturated carbocycles. The molecule has 0 N–H and O–H groups in total. The van der Waals surface area contributed by atoms with Crippen LogP contribution < -0.4 is 18.9 Å². The van der Waals surface area contributed by atoms with Crippen molar-refractivity contribution < 1.29 is 32.1 Å². The Morgan fingerprint density at radius 1 is 0.792 bits per heavy atom. The Balaban J connectivity index is 2.27. The summed E-state index contributed by atoms with van der Waals surface area (Å²) in [6.45, 7) is 0. The van der Waals surface area contributed by atoms with Crippen LogP contribution in [0, 0.1) is 0 Å². The molecule has 0 amide bonds. The van der Waals surface area contributed by atoms with Gasteiger partial charge in [-0.15, -0.1) is 13.2 Å². The van der Waals surface area contributed by atoms with Crippen molar-refractivity contribution in [2.45, 2.75) is 16.2 Å². The molecule has 0 fully saturated rings. The van der Waals surface area contributed by atoms with Crippen LogP contribution in [0.4, 0.5) is 13.2 Å². The summed E-state index contributed by atoms with van der Waals surface area (Å²) >= 11 is 1.29. The molecular formula is C16H15F3O4S. The van der Waals surface area contributed by atoms with Gasteiger partial charge >= 0.3 is 6.36 Å². The van der Waals surface area contributed by atoms with Crippen LogP contribution in [-0.4, -0.2) is 27.7 Å². The van der Waals surface area contributed by atoms with E-state index in [-0.39, 0.29) is 5.75 Å². The van der Waals surface area contributed by atoms with Crippen LogP contribution in [0.3, 0.4) is 0 Å². The Labute approximate surface area is 141 Å². The van der Waals surface area contributed by atoms with Crippen LogP contribution in [0.25, 0.3) is 0 Å².